The Morgan fingerprint density at radius 3 is 2.38 bits per heavy atom. The summed E-state index contributed by atoms with van der Waals surface area (Å²) in [5, 5.41) is 0. The zero-order valence-corrected chi connectivity index (χ0v) is 13.8. The highest BCUT2D eigenvalue weighted by molar-refractivity contribution is 7.92. The average molecular weight is 338 g/mol. The minimum absolute atomic E-state index is 0.0176. The van der Waals surface area contributed by atoms with Crippen LogP contribution in [0, 0.1) is 0 Å². The van der Waals surface area contributed by atoms with E-state index in [0.717, 1.165) is 32.2 Å². The van der Waals surface area contributed by atoms with Gasteiger partial charge in [-0.05, 0) is 19.3 Å². The van der Waals surface area contributed by atoms with Crippen molar-refractivity contribution in [3.05, 3.63) is 0 Å². The standard InChI is InChI=1S/C12H22N2O5S2/c1-20(16,17)14(11-5-9-21(18,19)10-11)8-4-12(15)13-6-2-3-7-13/h11H,2-10H2,1H3. The first-order valence-corrected chi connectivity index (χ1v) is 10.8. The van der Waals surface area contributed by atoms with Crippen molar-refractivity contribution in [3.63, 3.8) is 0 Å². The summed E-state index contributed by atoms with van der Waals surface area (Å²) in [6.45, 7) is 1.53. The van der Waals surface area contributed by atoms with Crippen molar-refractivity contribution in [2.24, 2.45) is 0 Å². The van der Waals surface area contributed by atoms with Crippen LogP contribution in [0.1, 0.15) is 25.7 Å². The molecule has 0 saturated carbocycles. The molecule has 9 heteroatoms. The lowest BCUT2D eigenvalue weighted by Crippen LogP contribution is -2.42. The van der Waals surface area contributed by atoms with Gasteiger partial charge in [0.2, 0.25) is 15.9 Å². The van der Waals surface area contributed by atoms with E-state index in [1.807, 2.05) is 0 Å². The zero-order valence-electron chi connectivity index (χ0n) is 12.2. The van der Waals surface area contributed by atoms with E-state index >= 15 is 0 Å². The molecule has 2 saturated heterocycles. The van der Waals surface area contributed by atoms with Crippen LogP contribution in [0.4, 0.5) is 0 Å². The maximum absolute atomic E-state index is 12.0. The number of sulfonamides is 1. The molecule has 2 fully saturated rings. The van der Waals surface area contributed by atoms with Crippen LogP contribution in [-0.4, -0.2) is 75.4 Å². The SMILES string of the molecule is CS(=O)(=O)N(CCC(=O)N1CCCC1)C1CCS(=O)(=O)C1. The molecule has 0 radical (unpaired) electrons. The Morgan fingerprint density at radius 1 is 1.29 bits per heavy atom. The molecule has 0 aromatic carbocycles. The largest absolute Gasteiger partial charge is 0.343 e. The first kappa shape index (κ1) is 16.7. The summed E-state index contributed by atoms with van der Waals surface area (Å²) in [5.74, 6) is -0.177. The van der Waals surface area contributed by atoms with Crippen LogP contribution in [0.15, 0.2) is 0 Å². The minimum Gasteiger partial charge on any atom is -0.343 e. The highest BCUT2D eigenvalue weighted by Gasteiger charge is 2.36. The molecule has 0 spiro atoms. The van der Waals surface area contributed by atoms with Crippen molar-refractivity contribution in [1.82, 2.24) is 9.21 Å². The molecule has 21 heavy (non-hydrogen) atoms. The third-order valence-corrected chi connectivity index (χ3v) is 7.13. The molecule has 1 amide bonds. The molecule has 0 N–H and O–H groups in total. The van der Waals surface area contributed by atoms with Crippen LogP contribution in [0.3, 0.4) is 0 Å². The van der Waals surface area contributed by atoms with Gasteiger partial charge in [-0.1, -0.05) is 0 Å². The molecular formula is C12H22N2O5S2. The Labute approximate surface area is 126 Å². The highest BCUT2D eigenvalue weighted by Crippen LogP contribution is 2.21. The van der Waals surface area contributed by atoms with E-state index in [9.17, 15) is 21.6 Å². The fourth-order valence-corrected chi connectivity index (χ4v) is 5.92. The molecule has 0 aromatic rings. The molecule has 2 aliphatic rings. The Bertz CT molecular complexity index is 593. The summed E-state index contributed by atoms with van der Waals surface area (Å²) in [7, 11) is -6.68. The third-order valence-electron chi connectivity index (χ3n) is 4.05. The molecular weight excluding hydrogens is 316 g/mol. The van der Waals surface area contributed by atoms with Crippen molar-refractivity contribution < 1.29 is 21.6 Å². The molecule has 0 aliphatic carbocycles. The molecule has 0 aromatic heterocycles. The first-order valence-electron chi connectivity index (χ1n) is 7.14. The van der Waals surface area contributed by atoms with Crippen LogP contribution >= 0.6 is 0 Å². The molecule has 1 unspecified atom stereocenters. The molecule has 7 nitrogen and oxygen atoms in total. The highest BCUT2D eigenvalue weighted by atomic mass is 32.2. The Balaban J connectivity index is 1.99. The van der Waals surface area contributed by atoms with Gasteiger partial charge < -0.3 is 4.90 Å². The summed E-state index contributed by atoms with van der Waals surface area (Å²) in [6, 6.07) is -0.531. The van der Waals surface area contributed by atoms with Crippen molar-refractivity contribution >= 4 is 25.8 Å². The van der Waals surface area contributed by atoms with Gasteiger partial charge in [-0.25, -0.2) is 16.8 Å². The molecule has 1 atom stereocenters. The summed E-state index contributed by atoms with van der Waals surface area (Å²) in [6.07, 6.45) is 3.47. The number of nitrogens with zero attached hydrogens (tertiary/aromatic N) is 2. The number of hydrogen-bond acceptors (Lipinski definition) is 5. The van der Waals surface area contributed by atoms with Crippen LogP contribution in [-0.2, 0) is 24.7 Å². The van der Waals surface area contributed by atoms with Crippen LogP contribution in [0.5, 0.6) is 0 Å². The average Bonchev–Trinajstić information content (AvgIpc) is 2.97. The van der Waals surface area contributed by atoms with Gasteiger partial charge in [0.25, 0.3) is 0 Å². The van der Waals surface area contributed by atoms with E-state index in [1.54, 1.807) is 4.90 Å². The van der Waals surface area contributed by atoms with Crippen molar-refractivity contribution in [1.29, 1.82) is 0 Å². The quantitative estimate of drug-likeness (QED) is 0.670. The van der Waals surface area contributed by atoms with Gasteiger partial charge in [0, 0.05) is 32.1 Å². The van der Waals surface area contributed by atoms with E-state index in [1.165, 1.54) is 4.31 Å². The number of carbonyl (C=O) groups excluding carboxylic acids is 1. The van der Waals surface area contributed by atoms with E-state index in [0.29, 0.717) is 6.42 Å². The fourth-order valence-electron chi connectivity index (χ4n) is 2.95. The van der Waals surface area contributed by atoms with Crippen molar-refractivity contribution in [3.8, 4) is 0 Å². The Kier molecular flexibility index (Phi) is 4.94. The lowest BCUT2D eigenvalue weighted by molar-refractivity contribution is -0.130. The lowest BCUT2D eigenvalue weighted by Gasteiger charge is -2.26. The molecule has 2 rings (SSSR count). The van der Waals surface area contributed by atoms with Gasteiger partial charge in [0.15, 0.2) is 9.84 Å². The van der Waals surface area contributed by atoms with E-state index in [4.69, 9.17) is 0 Å². The topological polar surface area (TPSA) is 91.8 Å². The number of amides is 1. The molecule has 2 aliphatic heterocycles. The molecule has 2 heterocycles. The van der Waals surface area contributed by atoms with Gasteiger partial charge in [-0.2, -0.15) is 4.31 Å². The third kappa shape index (κ3) is 4.40. The van der Waals surface area contributed by atoms with Crippen LogP contribution < -0.4 is 0 Å². The Hall–Kier alpha value is -0.670. The van der Waals surface area contributed by atoms with Crippen molar-refractivity contribution in [2.45, 2.75) is 31.7 Å². The monoisotopic (exact) mass is 338 g/mol. The van der Waals surface area contributed by atoms with E-state index < -0.39 is 25.9 Å². The lowest BCUT2D eigenvalue weighted by atomic mass is 10.2. The molecule has 122 valence electrons. The molecule has 0 bridgehead atoms. The van der Waals surface area contributed by atoms with Gasteiger partial charge in [0.05, 0.1) is 17.8 Å². The zero-order chi connectivity index (χ0) is 15.7. The summed E-state index contributed by atoms with van der Waals surface area (Å²) >= 11 is 0. The van der Waals surface area contributed by atoms with Gasteiger partial charge in [-0.3, -0.25) is 4.79 Å². The van der Waals surface area contributed by atoms with Crippen LogP contribution in [0.25, 0.3) is 0 Å². The number of carbonyl (C=O) groups is 1. The summed E-state index contributed by atoms with van der Waals surface area (Å²) in [5.41, 5.74) is 0. The maximum Gasteiger partial charge on any atom is 0.223 e. The fraction of sp³-hybridized carbons (Fsp3) is 0.917. The Morgan fingerprint density at radius 2 is 1.90 bits per heavy atom. The minimum atomic E-state index is -3.52. The second-order valence-electron chi connectivity index (χ2n) is 5.77. The smallest absolute Gasteiger partial charge is 0.223 e. The van der Waals surface area contributed by atoms with E-state index in [-0.39, 0.29) is 30.4 Å². The first-order chi connectivity index (χ1) is 9.69. The summed E-state index contributed by atoms with van der Waals surface area (Å²) in [4.78, 5) is 13.7. The van der Waals surface area contributed by atoms with Gasteiger partial charge in [0.1, 0.15) is 0 Å². The second-order valence-corrected chi connectivity index (χ2v) is 9.93. The predicted molar refractivity (Wildman–Crippen MR) is 79.0 cm³/mol. The predicted octanol–water partition coefficient (Wildman–Crippen LogP) is -0.552. The van der Waals surface area contributed by atoms with Crippen LogP contribution in [0.2, 0.25) is 0 Å². The van der Waals surface area contributed by atoms with Crippen molar-refractivity contribution in [2.75, 3.05) is 37.4 Å². The normalized spacial score (nSPS) is 25.6. The van der Waals surface area contributed by atoms with Gasteiger partial charge in [-0.15, -0.1) is 0 Å². The number of sulfone groups is 1. The van der Waals surface area contributed by atoms with Gasteiger partial charge >= 0.3 is 0 Å². The van der Waals surface area contributed by atoms with E-state index in [2.05, 4.69) is 0 Å². The maximum atomic E-state index is 12.0. The summed E-state index contributed by atoms with van der Waals surface area (Å²) < 4.78 is 48.0. The number of hydrogen-bond donors (Lipinski definition) is 0. The number of rotatable bonds is 5. The number of likely N-dealkylation sites (tertiary alicyclic amines) is 1. The second kappa shape index (κ2) is 6.21.